The first-order valence-electron chi connectivity index (χ1n) is 7.34. The second kappa shape index (κ2) is 9.11. The fourth-order valence-electron chi connectivity index (χ4n) is 1.79. The molecular formula is C15H18N4O6. The molecule has 0 bridgehead atoms. The summed E-state index contributed by atoms with van der Waals surface area (Å²) in [7, 11) is 0. The molecule has 134 valence electrons. The molecule has 0 unspecified atom stereocenters. The maximum atomic E-state index is 11.6. The number of benzene rings is 1. The number of esters is 1. The van der Waals surface area contributed by atoms with Gasteiger partial charge in [0.1, 0.15) is 5.69 Å². The highest BCUT2D eigenvalue weighted by Gasteiger charge is 2.19. The molecule has 1 N–H and O–H groups in total. The molecule has 1 aromatic rings. The molecule has 0 radical (unpaired) electrons. The van der Waals surface area contributed by atoms with Gasteiger partial charge in [-0.05, 0) is 32.4 Å². The standard InChI is InChI=1S/C15H18N4O6/c1-4-10(3)13(9-15(20)25-5-2)17-16-12-7-6-11(18(21)22)8-14(12)19(23)24/h4,6-8,16H,5,9H2,1-3H3/b10-4+,17-13?. The van der Waals surface area contributed by atoms with E-state index in [0.717, 1.165) is 12.1 Å². The Hall–Kier alpha value is -3.30. The second-order valence-corrected chi connectivity index (χ2v) is 4.84. The van der Waals surface area contributed by atoms with Crippen molar-refractivity contribution in [2.24, 2.45) is 5.10 Å². The summed E-state index contributed by atoms with van der Waals surface area (Å²) >= 11 is 0. The van der Waals surface area contributed by atoms with Gasteiger partial charge in [-0.15, -0.1) is 0 Å². The number of carbonyl (C=O) groups excluding carboxylic acids is 1. The molecule has 1 aromatic carbocycles. The maximum Gasteiger partial charge on any atom is 0.311 e. The van der Waals surface area contributed by atoms with Gasteiger partial charge in [0.2, 0.25) is 0 Å². The van der Waals surface area contributed by atoms with Crippen LogP contribution in [-0.4, -0.2) is 28.1 Å². The molecule has 0 saturated carbocycles. The van der Waals surface area contributed by atoms with E-state index in [0.29, 0.717) is 11.3 Å². The largest absolute Gasteiger partial charge is 0.466 e. The minimum Gasteiger partial charge on any atom is -0.466 e. The van der Waals surface area contributed by atoms with Crippen LogP contribution in [0.3, 0.4) is 0 Å². The molecule has 10 heteroatoms. The third-order valence-corrected chi connectivity index (χ3v) is 3.21. The van der Waals surface area contributed by atoms with Crippen LogP contribution in [0.25, 0.3) is 0 Å². The van der Waals surface area contributed by atoms with Crippen LogP contribution in [0.4, 0.5) is 17.1 Å². The quantitative estimate of drug-likeness (QED) is 0.329. The van der Waals surface area contributed by atoms with E-state index in [1.165, 1.54) is 6.07 Å². The van der Waals surface area contributed by atoms with Crippen LogP contribution in [0.2, 0.25) is 0 Å². The first-order chi connectivity index (χ1) is 11.8. The molecule has 0 aliphatic carbocycles. The number of non-ortho nitro benzene ring substituents is 1. The Morgan fingerprint density at radius 2 is 2.00 bits per heavy atom. The van der Waals surface area contributed by atoms with Gasteiger partial charge in [0.05, 0.1) is 34.7 Å². The Balaban J connectivity index is 3.15. The van der Waals surface area contributed by atoms with Gasteiger partial charge >= 0.3 is 11.7 Å². The number of rotatable bonds is 8. The third kappa shape index (κ3) is 5.68. The minimum atomic E-state index is -0.752. The van der Waals surface area contributed by atoms with Gasteiger partial charge in [-0.1, -0.05) is 6.08 Å². The van der Waals surface area contributed by atoms with Crippen molar-refractivity contribution in [3.63, 3.8) is 0 Å². The highest BCUT2D eigenvalue weighted by atomic mass is 16.6. The summed E-state index contributed by atoms with van der Waals surface area (Å²) in [5.41, 5.74) is 2.60. The Bertz CT molecular complexity index is 742. The zero-order chi connectivity index (χ0) is 19.0. The van der Waals surface area contributed by atoms with Gasteiger partial charge < -0.3 is 4.74 Å². The number of hydrogen-bond donors (Lipinski definition) is 1. The Morgan fingerprint density at radius 3 is 2.52 bits per heavy atom. The summed E-state index contributed by atoms with van der Waals surface area (Å²) in [5.74, 6) is -0.484. The second-order valence-electron chi connectivity index (χ2n) is 4.84. The normalized spacial score (nSPS) is 11.8. The Labute approximate surface area is 143 Å². The highest BCUT2D eigenvalue weighted by molar-refractivity contribution is 6.09. The number of anilines is 1. The lowest BCUT2D eigenvalue weighted by atomic mass is 10.1. The van der Waals surface area contributed by atoms with Crippen molar-refractivity contribution in [1.82, 2.24) is 0 Å². The number of nitrogens with one attached hydrogen (secondary N) is 1. The van der Waals surface area contributed by atoms with Crippen molar-refractivity contribution in [2.75, 3.05) is 12.0 Å². The van der Waals surface area contributed by atoms with Gasteiger partial charge in [-0.3, -0.25) is 30.4 Å². The van der Waals surface area contributed by atoms with Gasteiger partial charge in [-0.25, -0.2) is 0 Å². The van der Waals surface area contributed by atoms with E-state index >= 15 is 0 Å². The molecule has 0 fully saturated rings. The van der Waals surface area contributed by atoms with E-state index in [2.05, 4.69) is 10.5 Å². The van der Waals surface area contributed by atoms with Crippen molar-refractivity contribution in [2.45, 2.75) is 27.2 Å². The van der Waals surface area contributed by atoms with Crippen LogP contribution in [0.5, 0.6) is 0 Å². The van der Waals surface area contributed by atoms with Crippen molar-refractivity contribution in [1.29, 1.82) is 0 Å². The van der Waals surface area contributed by atoms with Crippen LogP contribution in [0, 0.1) is 20.2 Å². The number of nitro groups is 2. The van der Waals surface area contributed by atoms with Crippen LogP contribution in [0.1, 0.15) is 27.2 Å². The van der Waals surface area contributed by atoms with E-state index in [4.69, 9.17) is 4.74 Å². The summed E-state index contributed by atoms with van der Waals surface area (Å²) < 4.78 is 4.87. The lowest BCUT2D eigenvalue weighted by Crippen LogP contribution is -2.14. The monoisotopic (exact) mass is 350 g/mol. The predicted molar refractivity (Wildman–Crippen MR) is 91.5 cm³/mol. The van der Waals surface area contributed by atoms with Crippen molar-refractivity contribution in [3.8, 4) is 0 Å². The fraction of sp³-hybridized carbons (Fsp3) is 0.333. The van der Waals surface area contributed by atoms with E-state index in [9.17, 15) is 25.0 Å². The zero-order valence-corrected chi connectivity index (χ0v) is 14.0. The molecule has 0 atom stereocenters. The number of allylic oxidation sites excluding steroid dienone is 2. The first kappa shape index (κ1) is 19.7. The topological polar surface area (TPSA) is 137 Å². The number of carbonyl (C=O) groups is 1. The van der Waals surface area contributed by atoms with E-state index < -0.39 is 27.2 Å². The summed E-state index contributed by atoms with van der Waals surface area (Å²) in [4.78, 5) is 32.0. The van der Waals surface area contributed by atoms with Gasteiger partial charge in [-0.2, -0.15) is 5.10 Å². The Morgan fingerprint density at radius 1 is 1.32 bits per heavy atom. The molecule has 0 aliphatic heterocycles. The summed E-state index contributed by atoms with van der Waals surface area (Å²) in [5, 5.41) is 25.9. The molecule has 0 aliphatic rings. The number of ether oxygens (including phenoxy) is 1. The third-order valence-electron chi connectivity index (χ3n) is 3.21. The average molecular weight is 350 g/mol. The molecule has 0 heterocycles. The SMILES string of the molecule is C/C=C(\C)C(CC(=O)OCC)=NNc1ccc([N+](=O)[O-])cc1[N+](=O)[O-]. The van der Waals surface area contributed by atoms with Crippen LogP contribution < -0.4 is 5.43 Å². The first-order valence-corrected chi connectivity index (χ1v) is 7.34. The molecular weight excluding hydrogens is 332 g/mol. The summed E-state index contributed by atoms with van der Waals surface area (Å²) in [6, 6.07) is 3.15. The molecule has 0 aromatic heterocycles. The number of hydrogen-bond acceptors (Lipinski definition) is 8. The number of hydrazone groups is 1. The molecule has 0 saturated heterocycles. The van der Waals surface area contributed by atoms with Crippen molar-refractivity contribution in [3.05, 3.63) is 50.1 Å². The fourth-order valence-corrected chi connectivity index (χ4v) is 1.79. The molecule has 10 nitrogen and oxygen atoms in total. The minimum absolute atomic E-state index is 0.0270. The van der Waals surface area contributed by atoms with Crippen molar-refractivity contribution >= 4 is 28.7 Å². The lowest BCUT2D eigenvalue weighted by molar-refractivity contribution is -0.393. The van der Waals surface area contributed by atoms with Crippen LogP contribution >= 0.6 is 0 Å². The summed E-state index contributed by atoms with van der Waals surface area (Å²) in [6.07, 6.45) is 1.61. The maximum absolute atomic E-state index is 11.6. The lowest BCUT2D eigenvalue weighted by Gasteiger charge is -2.08. The smallest absolute Gasteiger partial charge is 0.311 e. The molecule has 1 rings (SSSR count). The molecule has 25 heavy (non-hydrogen) atoms. The molecule has 0 spiro atoms. The van der Waals surface area contributed by atoms with Gasteiger partial charge in [0.25, 0.3) is 5.69 Å². The van der Waals surface area contributed by atoms with Gasteiger partial charge in [0.15, 0.2) is 0 Å². The highest BCUT2D eigenvalue weighted by Crippen LogP contribution is 2.29. The Kier molecular flexibility index (Phi) is 7.19. The summed E-state index contributed by atoms with van der Waals surface area (Å²) in [6.45, 7) is 5.38. The van der Waals surface area contributed by atoms with E-state index in [1.807, 2.05) is 0 Å². The van der Waals surface area contributed by atoms with E-state index in [-0.39, 0.29) is 18.7 Å². The van der Waals surface area contributed by atoms with Gasteiger partial charge in [0, 0.05) is 6.07 Å². The van der Waals surface area contributed by atoms with Crippen LogP contribution in [-0.2, 0) is 9.53 Å². The van der Waals surface area contributed by atoms with Crippen molar-refractivity contribution < 1.29 is 19.4 Å². The number of nitrogens with zero attached hydrogens (tertiary/aromatic N) is 3. The predicted octanol–water partition coefficient (Wildman–Crippen LogP) is 3.19. The zero-order valence-electron chi connectivity index (χ0n) is 14.0. The molecule has 0 amide bonds. The van der Waals surface area contributed by atoms with E-state index in [1.54, 1.807) is 26.8 Å². The number of nitro benzene ring substituents is 2. The average Bonchev–Trinajstić information content (AvgIpc) is 2.57. The van der Waals surface area contributed by atoms with Crippen LogP contribution in [0.15, 0.2) is 34.9 Å².